The van der Waals surface area contributed by atoms with Crippen LogP contribution in [0.1, 0.15) is 25.3 Å². The Balaban J connectivity index is 1.88. The van der Waals surface area contributed by atoms with Crippen molar-refractivity contribution in [2.75, 3.05) is 16.8 Å². The highest BCUT2D eigenvalue weighted by atomic mass is 15.3. The molecule has 20 heavy (non-hydrogen) atoms. The summed E-state index contributed by atoms with van der Waals surface area (Å²) in [5.74, 6) is 1.45. The molecule has 5 heteroatoms. The molecule has 0 bridgehead atoms. The molecule has 0 spiro atoms. The van der Waals surface area contributed by atoms with Gasteiger partial charge in [0.05, 0.1) is 6.20 Å². The summed E-state index contributed by atoms with van der Waals surface area (Å²) < 4.78 is 0. The van der Waals surface area contributed by atoms with Crippen LogP contribution in [0, 0.1) is 6.92 Å². The van der Waals surface area contributed by atoms with Crippen molar-refractivity contribution in [3.8, 4) is 0 Å². The molecule has 3 rings (SSSR count). The fourth-order valence-corrected chi connectivity index (χ4v) is 2.17. The summed E-state index contributed by atoms with van der Waals surface area (Å²) in [7, 11) is 0. The topological polar surface area (TPSA) is 53.9 Å². The Hall–Kier alpha value is -2.17. The van der Waals surface area contributed by atoms with Gasteiger partial charge >= 0.3 is 0 Å². The highest BCUT2D eigenvalue weighted by molar-refractivity contribution is 5.60. The highest BCUT2D eigenvalue weighted by Gasteiger charge is 2.22. The summed E-state index contributed by atoms with van der Waals surface area (Å²) in [4.78, 5) is 6.71. The Morgan fingerprint density at radius 1 is 1.35 bits per heavy atom. The second-order valence-electron chi connectivity index (χ2n) is 5.14. The Morgan fingerprint density at radius 3 is 2.90 bits per heavy atom. The van der Waals surface area contributed by atoms with Gasteiger partial charge in [-0.15, -0.1) is 5.10 Å². The maximum atomic E-state index is 4.57. The van der Waals surface area contributed by atoms with E-state index in [0.717, 1.165) is 18.1 Å². The maximum Gasteiger partial charge on any atom is 0.244 e. The SMILES string of the molecule is CCN(c1cccc(C)c1)c1cnnc(NC2CC2)n1. The monoisotopic (exact) mass is 269 g/mol. The van der Waals surface area contributed by atoms with Crippen molar-refractivity contribution in [2.24, 2.45) is 0 Å². The highest BCUT2D eigenvalue weighted by Crippen LogP contribution is 2.26. The average molecular weight is 269 g/mol. The summed E-state index contributed by atoms with van der Waals surface area (Å²) in [5, 5.41) is 11.4. The fraction of sp³-hybridized carbons (Fsp3) is 0.400. The number of hydrogen-bond acceptors (Lipinski definition) is 5. The molecule has 1 aromatic carbocycles. The van der Waals surface area contributed by atoms with E-state index in [1.165, 1.54) is 18.4 Å². The number of nitrogens with one attached hydrogen (secondary N) is 1. The van der Waals surface area contributed by atoms with Gasteiger partial charge in [0.15, 0.2) is 5.82 Å². The predicted molar refractivity (Wildman–Crippen MR) is 80.3 cm³/mol. The lowest BCUT2D eigenvalue weighted by Gasteiger charge is -2.22. The summed E-state index contributed by atoms with van der Waals surface area (Å²) in [6, 6.07) is 8.92. The zero-order valence-corrected chi connectivity index (χ0v) is 11.9. The fourth-order valence-electron chi connectivity index (χ4n) is 2.17. The number of anilines is 3. The Morgan fingerprint density at radius 2 is 2.20 bits per heavy atom. The van der Waals surface area contributed by atoms with Gasteiger partial charge in [-0.25, -0.2) is 0 Å². The van der Waals surface area contributed by atoms with Gasteiger partial charge in [0, 0.05) is 18.3 Å². The van der Waals surface area contributed by atoms with Crippen LogP contribution in [0.2, 0.25) is 0 Å². The van der Waals surface area contributed by atoms with E-state index in [0.29, 0.717) is 12.0 Å². The molecule has 5 nitrogen and oxygen atoms in total. The van der Waals surface area contributed by atoms with Gasteiger partial charge < -0.3 is 10.2 Å². The zero-order chi connectivity index (χ0) is 13.9. The van der Waals surface area contributed by atoms with E-state index in [1.807, 2.05) is 0 Å². The van der Waals surface area contributed by atoms with Gasteiger partial charge in [-0.2, -0.15) is 10.1 Å². The van der Waals surface area contributed by atoms with Crippen LogP contribution in [0.3, 0.4) is 0 Å². The number of hydrogen-bond donors (Lipinski definition) is 1. The van der Waals surface area contributed by atoms with Gasteiger partial charge in [-0.1, -0.05) is 12.1 Å². The Labute approximate surface area is 119 Å². The molecule has 1 saturated carbocycles. The number of rotatable bonds is 5. The number of aryl methyl sites for hydroxylation is 1. The van der Waals surface area contributed by atoms with Gasteiger partial charge in [-0.3, -0.25) is 0 Å². The smallest absolute Gasteiger partial charge is 0.244 e. The van der Waals surface area contributed by atoms with Gasteiger partial charge in [-0.05, 0) is 44.4 Å². The van der Waals surface area contributed by atoms with Crippen LogP contribution in [0.25, 0.3) is 0 Å². The van der Waals surface area contributed by atoms with Gasteiger partial charge in [0.25, 0.3) is 0 Å². The second-order valence-corrected chi connectivity index (χ2v) is 5.14. The van der Waals surface area contributed by atoms with E-state index in [2.05, 4.69) is 63.5 Å². The molecule has 1 heterocycles. The van der Waals surface area contributed by atoms with Crippen LogP contribution in [-0.4, -0.2) is 27.8 Å². The van der Waals surface area contributed by atoms with E-state index in [9.17, 15) is 0 Å². The average Bonchev–Trinajstić information content (AvgIpc) is 3.24. The zero-order valence-electron chi connectivity index (χ0n) is 11.9. The van der Waals surface area contributed by atoms with Crippen LogP contribution >= 0.6 is 0 Å². The van der Waals surface area contributed by atoms with Crippen molar-refractivity contribution in [1.82, 2.24) is 15.2 Å². The molecule has 1 fully saturated rings. The normalized spacial score (nSPS) is 14.1. The van der Waals surface area contributed by atoms with E-state index in [1.54, 1.807) is 6.20 Å². The second kappa shape index (κ2) is 5.45. The molecular formula is C15H19N5. The Bertz CT molecular complexity index is 594. The molecule has 1 N–H and O–H groups in total. The predicted octanol–water partition coefficient (Wildman–Crippen LogP) is 2.91. The standard InChI is InChI=1S/C15H19N5/c1-3-20(13-6-4-5-11(2)9-13)14-10-16-19-15(18-14)17-12-7-8-12/h4-6,9-10,12H,3,7-8H2,1-2H3,(H,17,18,19). The third kappa shape index (κ3) is 2.87. The first-order valence-electron chi connectivity index (χ1n) is 7.06. The molecule has 0 atom stereocenters. The molecule has 0 saturated heterocycles. The molecule has 2 aromatic rings. The summed E-state index contributed by atoms with van der Waals surface area (Å²) in [6.45, 7) is 5.04. The van der Waals surface area contributed by atoms with Crippen molar-refractivity contribution >= 4 is 17.5 Å². The van der Waals surface area contributed by atoms with Gasteiger partial charge in [0.1, 0.15) is 0 Å². The number of aromatic nitrogens is 3. The first-order valence-corrected chi connectivity index (χ1v) is 7.06. The van der Waals surface area contributed by atoms with E-state index in [-0.39, 0.29) is 0 Å². The molecule has 1 aliphatic rings. The molecule has 104 valence electrons. The van der Waals surface area contributed by atoms with Crippen molar-refractivity contribution in [2.45, 2.75) is 32.7 Å². The van der Waals surface area contributed by atoms with Crippen LogP contribution in [0.15, 0.2) is 30.5 Å². The van der Waals surface area contributed by atoms with E-state index < -0.39 is 0 Å². The van der Waals surface area contributed by atoms with Crippen LogP contribution in [0.4, 0.5) is 17.5 Å². The third-order valence-corrected chi connectivity index (χ3v) is 3.36. The minimum Gasteiger partial charge on any atom is -0.350 e. The molecule has 0 amide bonds. The van der Waals surface area contributed by atoms with Crippen LogP contribution in [0.5, 0.6) is 0 Å². The quantitative estimate of drug-likeness (QED) is 0.904. The first kappa shape index (κ1) is 12.8. The van der Waals surface area contributed by atoms with E-state index in [4.69, 9.17) is 0 Å². The van der Waals surface area contributed by atoms with E-state index >= 15 is 0 Å². The van der Waals surface area contributed by atoms with Crippen molar-refractivity contribution in [3.63, 3.8) is 0 Å². The molecular weight excluding hydrogens is 250 g/mol. The first-order chi connectivity index (χ1) is 9.76. The molecule has 1 aliphatic carbocycles. The molecule has 1 aromatic heterocycles. The van der Waals surface area contributed by atoms with Crippen molar-refractivity contribution < 1.29 is 0 Å². The summed E-state index contributed by atoms with van der Waals surface area (Å²) >= 11 is 0. The molecule has 0 unspecified atom stereocenters. The largest absolute Gasteiger partial charge is 0.350 e. The lowest BCUT2D eigenvalue weighted by atomic mass is 10.2. The third-order valence-electron chi connectivity index (χ3n) is 3.36. The lowest BCUT2D eigenvalue weighted by molar-refractivity contribution is 0.904. The summed E-state index contributed by atoms with van der Waals surface area (Å²) in [5.41, 5.74) is 2.37. The number of nitrogens with zero attached hydrogens (tertiary/aromatic N) is 4. The van der Waals surface area contributed by atoms with Crippen molar-refractivity contribution in [1.29, 1.82) is 0 Å². The van der Waals surface area contributed by atoms with Gasteiger partial charge in [0.2, 0.25) is 5.95 Å². The minimum absolute atomic E-state index is 0.529. The van der Waals surface area contributed by atoms with Crippen LogP contribution < -0.4 is 10.2 Å². The number of benzene rings is 1. The van der Waals surface area contributed by atoms with Crippen molar-refractivity contribution in [3.05, 3.63) is 36.0 Å². The molecule has 0 aliphatic heterocycles. The van der Waals surface area contributed by atoms with Crippen LogP contribution in [-0.2, 0) is 0 Å². The Kier molecular flexibility index (Phi) is 3.50. The minimum atomic E-state index is 0.529. The maximum absolute atomic E-state index is 4.57. The lowest BCUT2D eigenvalue weighted by Crippen LogP contribution is -2.19. The summed E-state index contributed by atoms with van der Waals surface area (Å²) in [6.07, 6.45) is 4.11. The molecule has 0 radical (unpaired) electrons.